The minimum absolute atomic E-state index is 0.0579. The van der Waals surface area contributed by atoms with E-state index in [1.54, 1.807) is 30.5 Å². The summed E-state index contributed by atoms with van der Waals surface area (Å²) >= 11 is 0. The van der Waals surface area contributed by atoms with Crippen LogP contribution in [0.3, 0.4) is 0 Å². The first-order chi connectivity index (χ1) is 10.1. The Morgan fingerprint density at radius 1 is 1.29 bits per heavy atom. The first-order valence-corrected chi connectivity index (χ1v) is 6.67. The molecule has 0 spiro atoms. The molecule has 1 aromatic carbocycles. The van der Waals surface area contributed by atoms with Crippen molar-refractivity contribution in [1.29, 1.82) is 0 Å². The number of carboxylic acids is 1. The van der Waals surface area contributed by atoms with Gasteiger partial charge in [-0.2, -0.15) is 0 Å². The number of hydrogen-bond donors (Lipinski definition) is 1. The highest BCUT2D eigenvalue weighted by atomic mass is 16.4. The van der Waals surface area contributed by atoms with Gasteiger partial charge in [0.25, 0.3) is 5.91 Å². The summed E-state index contributed by atoms with van der Waals surface area (Å²) in [6, 6.07) is 6.94. The van der Waals surface area contributed by atoms with Crippen LogP contribution in [0, 0.1) is 0 Å². The highest BCUT2D eigenvalue weighted by molar-refractivity contribution is 5.96. The van der Waals surface area contributed by atoms with E-state index in [-0.39, 0.29) is 18.5 Å². The molecule has 0 radical (unpaired) electrons. The molecule has 1 saturated carbocycles. The topological polar surface area (TPSA) is 83.6 Å². The second-order valence-corrected chi connectivity index (χ2v) is 5.00. The molecule has 1 aliphatic carbocycles. The van der Waals surface area contributed by atoms with Crippen molar-refractivity contribution in [3.8, 4) is 11.3 Å². The highest BCUT2D eigenvalue weighted by Crippen LogP contribution is 2.28. The van der Waals surface area contributed by atoms with Crippen LogP contribution in [-0.4, -0.2) is 39.5 Å². The molecule has 1 aliphatic rings. The lowest BCUT2D eigenvalue weighted by atomic mass is 10.1. The van der Waals surface area contributed by atoms with Gasteiger partial charge in [0.1, 0.15) is 6.54 Å². The standard InChI is InChI=1S/C15H14N2O4/c18-14(19)8-17(12-5-6-12)15(20)11-3-1-10(2-4-11)13-7-16-9-21-13/h1-4,7,9,12H,5-6,8H2,(H,18,19). The Hall–Kier alpha value is -2.63. The quantitative estimate of drug-likeness (QED) is 0.909. The van der Waals surface area contributed by atoms with E-state index in [4.69, 9.17) is 9.52 Å². The van der Waals surface area contributed by atoms with Crippen LogP contribution in [0.25, 0.3) is 11.3 Å². The molecule has 1 heterocycles. The maximum atomic E-state index is 12.4. The number of rotatable bonds is 5. The van der Waals surface area contributed by atoms with Crippen molar-refractivity contribution in [2.24, 2.45) is 0 Å². The molecule has 0 atom stereocenters. The van der Waals surface area contributed by atoms with Crippen LogP contribution < -0.4 is 0 Å². The summed E-state index contributed by atoms with van der Waals surface area (Å²) in [7, 11) is 0. The summed E-state index contributed by atoms with van der Waals surface area (Å²) < 4.78 is 5.18. The molecule has 6 heteroatoms. The van der Waals surface area contributed by atoms with E-state index in [0.717, 1.165) is 18.4 Å². The van der Waals surface area contributed by atoms with Crippen LogP contribution in [0.5, 0.6) is 0 Å². The monoisotopic (exact) mass is 286 g/mol. The van der Waals surface area contributed by atoms with Crippen LogP contribution in [0.1, 0.15) is 23.2 Å². The average Bonchev–Trinajstić information content (AvgIpc) is 3.18. The number of oxazole rings is 1. The van der Waals surface area contributed by atoms with E-state index in [9.17, 15) is 9.59 Å². The summed E-state index contributed by atoms with van der Waals surface area (Å²) in [5, 5.41) is 8.91. The Bertz CT molecular complexity index is 645. The first-order valence-electron chi connectivity index (χ1n) is 6.67. The van der Waals surface area contributed by atoms with Gasteiger partial charge < -0.3 is 14.4 Å². The fraction of sp³-hybridized carbons (Fsp3) is 0.267. The highest BCUT2D eigenvalue weighted by Gasteiger charge is 2.34. The van der Waals surface area contributed by atoms with E-state index in [0.29, 0.717) is 11.3 Å². The number of nitrogens with zero attached hydrogens (tertiary/aromatic N) is 2. The van der Waals surface area contributed by atoms with Crippen LogP contribution in [0.4, 0.5) is 0 Å². The predicted molar refractivity (Wildman–Crippen MR) is 73.6 cm³/mol. The van der Waals surface area contributed by atoms with Crippen molar-refractivity contribution in [3.05, 3.63) is 42.4 Å². The number of aliphatic carboxylic acids is 1. The Kier molecular flexibility index (Phi) is 3.43. The molecule has 3 rings (SSSR count). The molecule has 0 aliphatic heterocycles. The lowest BCUT2D eigenvalue weighted by Crippen LogP contribution is -2.37. The summed E-state index contributed by atoms with van der Waals surface area (Å²) in [4.78, 5) is 28.5. The molecular formula is C15H14N2O4. The number of aromatic nitrogens is 1. The van der Waals surface area contributed by atoms with E-state index < -0.39 is 5.97 Å². The maximum Gasteiger partial charge on any atom is 0.323 e. The van der Waals surface area contributed by atoms with E-state index in [2.05, 4.69) is 4.98 Å². The number of carbonyl (C=O) groups excluding carboxylic acids is 1. The van der Waals surface area contributed by atoms with Gasteiger partial charge in [0.15, 0.2) is 12.2 Å². The Morgan fingerprint density at radius 2 is 2.00 bits per heavy atom. The second-order valence-electron chi connectivity index (χ2n) is 5.00. The van der Waals surface area contributed by atoms with Gasteiger partial charge in [-0.1, -0.05) is 12.1 Å². The number of carbonyl (C=O) groups is 2. The Labute approximate surface area is 121 Å². The van der Waals surface area contributed by atoms with Crippen molar-refractivity contribution >= 4 is 11.9 Å². The third-order valence-electron chi connectivity index (χ3n) is 3.40. The van der Waals surface area contributed by atoms with E-state index >= 15 is 0 Å². The van der Waals surface area contributed by atoms with Gasteiger partial charge in [-0.3, -0.25) is 9.59 Å². The van der Waals surface area contributed by atoms with Crippen LogP contribution >= 0.6 is 0 Å². The zero-order valence-corrected chi connectivity index (χ0v) is 11.2. The lowest BCUT2D eigenvalue weighted by Gasteiger charge is -2.20. The average molecular weight is 286 g/mol. The summed E-state index contributed by atoms with van der Waals surface area (Å²) in [5.74, 6) is -0.615. The van der Waals surface area contributed by atoms with Crippen molar-refractivity contribution in [1.82, 2.24) is 9.88 Å². The van der Waals surface area contributed by atoms with Crippen LogP contribution in [-0.2, 0) is 4.79 Å². The summed E-state index contributed by atoms with van der Waals surface area (Å²) in [5.41, 5.74) is 1.30. The van der Waals surface area contributed by atoms with Gasteiger partial charge in [-0.15, -0.1) is 0 Å². The predicted octanol–water partition coefficient (Wildman–Crippen LogP) is 2.03. The van der Waals surface area contributed by atoms with Gasteiger partial charge in [0.2, 0.25) is 0 Å². The first kappa shape index (κ1) is 13.4. The van der Waals surface area contributed by atoms with Crippen molar-refractivity contribution in [2.45, 2.75) is 18.9 Å². The van der Waals surface area contributed by atoms with Gasteiger partial charge in [-0.25, -0.2) is 4.98 Å². The molecule has 1 fully saturated rings. The Morgan fingerprint density at radius 3 is 2.52 bits per heavy atom. The molecule has 1 N–H and O–H groups in total. The fourth-order valence-corrected chi connectivity index (χ4v) is 2.20. The molecule has 2 aromatic rings. The Balaban J connectivity index is 1.79. The number of hydrogen-bond acceptors (Lipinski definition) is 4. The van der Waals surface area contributed by atoms with E-state index in [1.807, 2.05) is 0 Å². The fourth-order valence-electron chi connectivity index (χ4n) is 2.20. The molecule has 1 amide bonds. The lowest BCUT2D eigenvalue weighted by molar-refractivity contribution is -0.137. The molecular weight excluding hydrogens is 272 g/mol. The minimum Gasteiger partial charge on any atom is -0.480 e. The molecule has 21 heavy (non-hydrogen) atoms. The molecule has 0 saturated heterocycles. The smallest absolute Gasteiger partial charge is 0.323 e. The summed E-state index contributed by atoms with van der Waals surface area (Å²) in [6.07, 6.45) is 4.68. The number of benzene rings is 1. The van der Waals surface area contributed by atoms with E-state index in [1.165, 1.54) is 11.3 Å². The van der Waals surface area contributed by atoms with Crippen molar-refractivity contribution < 1.29 is 19.1 Å². The minimum atomic E-state index is -0.992. The SMILES string of the molecule is O=C(O)CN(C(=O)c1ccc(-c2cnco2)cc1)C1CC1. The number of amides is 1. The van der Waals surface area contributed by atoms with Crippen molar-refractivity contribution in [3.63, 3.8) is 0 Å². The van der Waals surface area contributed by atoms with Gasteiger partial charge >= 0.3 is 5.97 Å². The molecule has 1 aromatic heterocycles. The number of carboxylic acid groups (broad SMARTS) is 1. The van der Waals surface area contributed by atoms with Gasteiger partial charge in [0.05, 0.1) is 6.20 Å². The molecule has 0 bridgehead atoms. The van der Waals surface area contributed by atoms with Crippen molar-refractivity contribution in [2.75, 3.05) is 6.54 Å². The van der Waals surface area contributed by atoms with Crippen LogP contribution in [0.15, 0.2) is 41.3 Å². The maximum absolute atomic E-state index is 12.4. The third kappa shape index (κ3) is 2.94. The van der Waals surface area contributed by atoms with Gasteiger partial charge in [-0.05, 0) is 25.0 Å². The molecule has 108 valence electrons. The van der Waals surface area contributed by atoms with Gasteiger partial charge in [0, 0.05) is 17.2 Å². The second kappa shape index (κ2) is 5.40. The normalized spacial score (nSPS) is 13.9. The summed E-state index contributed by atoms with van der Waals surface area (Å²) in [6.45, 7) is -0.257. The molecule has 0 unspecified atom stereocenters. The molecule has 6 nitrogen and oxygen atoms in total. The zero-order valence-electron chi connectivity index (χ0n) is 11.2. The third-order valence-corrected chi connectivity index (χ3v) is 3.40. The van der Waals surface area contributed by atoms with Crippen LogP contribution in [0.2, 0.25) is 0 Å². The zero-order chi connectivity index (χ0) is 14.8. The largest absolute Gasteiger partial charge is 0.480 e.